The average Bonchev–Trinajstić information content (AvgIpc) is 2.21. The summed E-state index contributed by atoms with van der Waals surface area (Å²) >= 11 is 0. The fraction of sp³-hybridized carbons (Fsp3) is 0.750. The van der Waals surface area contributed by atoms with Crippen molar-refractivity contribution in [2.75, 3.05) is 0 Å². The van der Waals surface area contributed by atoms with Crippen LogP contribution < -0.4 is 0 Å². The summed E-state index contributed by atoms with van der Waals surface area (Å²) in [5.74, 6) is 0.606. The summed E-state index contributed by atoms with van der Waals surface area (Å²) < 4.78 is 0. The third kappa shape index (κ3) is 0.708. The van der Waals surface area contributed by atoms with E-state index in [0.717, 1.165) is 0 Å². The highest BCUT2D eigenvalue weighted by molar-refractivity contribution is 5.62. The molecule has 0 aromatic rings. The summed E-state index contributed by atoms with van der Waals surface area (Å²) in [6, 6.07) is 0. The quantitative estimate of drug-likeness (QED) is 0.286. The van der Waals surface area contributed by atoms with E-state index in [1.165, 1.54) is 12.8 Å². The van der Waals surface area contributed by atoms with Crippen molar-refractivity contribution in [3.8, 4) is 0 Å². The van der Waals surface area contributed by atoms with Crippen LogP contribution in [0.3, 0.4) is 0 Å². The van der Waals surface area contributed by atoms with Gasteiger partial charge in [0.25, 0.3) is 0 Å². The SMILES string of the molecule is O/N=C\C1CC1. The van der Waals surface area contributed by atoms with Gasteiger partial charge in [0, 0.05) is 6.21 Å². The molecule has 0 spiro atoms. The second-order valence-electron chi connectivity index (χ2n) is 1.60. The predicted octanol–water partition coefficient (Wildman–Crippen LogP) is 0.856. The lowest BCUT2D eigenvalue weighted by Crippen LogP contribution is -1.70. The molecular weight excluding hydrogens is 78.0 g/mol. The number of nitrogens with zero attached hydrogens (tertiary/aromatic N) is 1. The molecule has 0 bridgehead atoms. The van der Waals surface area contributed by atoms with Crippen LogP contribution in [0.15, 0.2) is 5.16 Å². The summed E-state index contributed by atoms with van der Waals surface area (Å²) in [5, 5.41) is 10.7. The lowest BCUT2D eigenvalue weighted by atomic mass is 10.5. The second-order valence-corrected chi connectivity index (χ2v) is 1.60. The molecule has 1 N–H and O–H groups in total. The normalized spacial score (nSPS) is 22.7. The third-order valence-electron chi connectivity index (χ3n) is 0.899. The molecule has 1 aliphatic carbocycles. The van der Waals surface area contributed by atoms with Crippen molar-refractivity contribution in [3.05, 3.63) is 0 Å². The summed E-state index contributed by atoms with van der Waals surface area (Å²) in [4.78, 5) is 0. The molecular formula is C4H7NO. The summed E-state index contributed by atoms with van der Waals surface area (Å²) in [5.41, 5.74) is 0. The van der Waals surface area contributed by atoms with E-state index in [4.69, 9.17) is 5.21 Å². The van der Waals surface area contributed by atoms with E-state index in [2.05, 4.69) is 5.16 Å². The average molecular weight is 85.1 g/mol. The maximum Gasteiger partial charge on any atom is 0.0466 e. The van der Waals surface area contributed by atoms with Gasteiger partial charge in [0.1, 0.15) is 0 Å². The van der Waals surface area contributed by atoms with Crippen LogP contribution in [0.2, 0.25) is 0 Å². The van der Waals surface area contributed by atoms with Gasteiger partial charge in [0.05, 0.1) is 0 Å². The molecule has 2 heteroatoms. The van der Waals surface area contributed by atoms with Crippen molar-refractivity contribution >= 4 is 6.21 Å². The van der Waals surface area contributed by atoms with Gasteiger partial charge in [-0.2, -0.15) is 0 Å². The van der Waals surface area contributed by atoms with E-state index in [-0.39, 0.29) is 0 Å². The van der Waals surface area contributed by atoms with Crippen LogP contribution in [-0.2, 0) is 0 Å². The van der Waals surface area contributed by atoms with Crippen molar-refractivity contribution in [2.45, 2.75) is 12.8 Å². The summed E-state index contributed by atoms with van der Waals surface area (Å²) in [6.45, 7) is 0. The predicted molar refractivity (Wildman–Crippen MR) is 23.0 cm³/mol. The molecule has 34 valence electrons. The van der Waals surface area contributed by atoms with Gasteiger partial charge in [-0.15, -0.1) is 5.16 Å². The first-order chi connectivity index (χ1) is 2.93. The fourth-order valence-corrected chi connectivity index (χ4v) is 0.340. The van der Waals surface area contributed by atoms with Crippen LogP contribution in [0, 0.1) is 5.92 Å². The zero-order chi connectivity index (χ0) is 4.41. The molecule has 0 atom stereocenters. The Kier molecular flexibility index (Phi) is 0.783. The zero-order valence-corrected chi connectivity index (χ0v) is 3.46. The van der Waals surface area contributed by atoms with Gasteiger partial charge in [-0.25, -0.2) is 0 Å². The Morgan fingerprint density at radius 1 is 1.67 bits per heavy atom. The van der Waals surface area contributed by atoms with Crippen LogP contribution in [0.1, 0.15) is 12.8 Å². The number of rotatable bonds is 1. The highest BCUT2D eigenvalue weighted by atomic mass is 16.4. The highest BCUT2D eigenvalue weighted by Gasteiger charge is 2.18. The van der Waals surface area contributed by atoms with Crippen LogP contribution in [0.5, 0.6) is 0 Å². The minimum Gasteiger partial charge on any atom is -0.411 e. The molecule has 0 heterocycles. The Bertz CT molecular complexity index is 65.9. The van der Waals surface area contributed by atoms with Crippen molar-refractivity contribution < 1.29 is 5.21 Å². The van der Waals surface area contributed by atoms with E-state index in [9.17, 15) is 0 Å². The molecule has 0 aliphatic heterocycles. The maximum atomic E-state index is 7.85. The highest BCUT2D eigenvalue weighted by Crippen LogP contribution is 2.25. The number of hydrogen-bond donors (Lipinski definition) is 1. The number of hydrogen-bond acceptors (Lipinski definition) is 2. The third-order valence-corrected chi connectivity index (χ3v) is 0.899. The van der Waals surface area contributed by atoms with Crippen LogP contribution >= 0.6 is 0 Å². The number of oxime groups is 1. The van der Waals surface area contributed by atoms with E-state index in [1.807, 2.05) is 0 Å². The molecule has 0 unspecified atom stereocenters. The van der Waals surface area contributed by atoms with E-state index in [0.29, 0.717) is 5.92 Å². The van der Waals surface area contributed by atoms with Gasteiger partial charge >= 0.3 is 0 Å². The van der Waals surface area contributed by atoms with Crippen molar-refractivity contribution in [2.24, 2.45) is 11.1 Å². The lowest BCUT2D eigenvalue weighted by Gasteiger charge is -1.68. The lowest BCUT2D eigenvalue weighted by molar-refractivity contribution is 0.320. The van der Waals surface area contributed by atoms with Crippen molar-refractivity contribution in [1.82, 2.24) is 0 Å². The largest absolute Gasteiger partial charge is 0.411 e. The van der Waals surface area contributed by atoms with Crippen LogP contribution in [0.4, 0.5) is 0 Å². The second kappa shape index (κ2) is 1.29. The molecule has 1 aliphatic rings. The van der Waals surface area contributed by atoms with Gasteiger partial charge < -0.3 is 5.21 Å². The van der Waals surface area contributed by atoms with Gasteiger partial charge in [0.15, 0.2) is 0 Å². The van der Waals surface area contributed by atoms with Crippen LogP contribution in [0.25, 0.3) is 0 Å². The minimum absolute atomic E-state index is 0.606. The van der Waals surface area contributed by atoms with E-state index < -0.39 is 0 Å². The van der Waals surface area contributed by atoms with Crippen LogP contribution in [-0.4, -0.2) is 11.4 Å². The molecule has 0 saturated heterocycles. The molecule has 2 nitrogen and oxygen atoms in total. The Labute approximate surface area is 36.5 Å². The topological polar surface area (TPSA) is 32.6 Å². The Hall–Kier alpha value is -0.530. The molecule has 6 heavy (non-hydrogen) atoms. The van der Waals surface area contributed by atoms with Gasteiger partial charge in [-0.3, -0.25) is 0 Å². The summed E-state index contributed by atoms with van der Waals surface area (Å²) in [6.07, 6.45) is 4.01. The monoisotopic (exact) mass is 85.1 g/mol. The maximum absolute atomic E-state index is 7.85. The molecule has 1 fully saturated rings. The summed E-state index contributed by atoms with van der Waals surface area (Å²) in [7, 11) is 0. The van der Waals surface area contributed by atoms with Crippen molar-refractivity contribution in [3.63, 3.8) is 0 Å². The van der Waals surface area contributed by atoms with Crippen molar-refractivity contribution in [1.29, 1.82) is 0 Å². The van der Waals surface area contributed by atoms with Gasteiger partial charge in [-0.05, 0) is 18.8 Å². The molecule has 1 saturated carbocycles. The first-order valence-corrected chi connectivity index (χ1v) is 2.11. The zero-order valence-electron chi connectivity index (χ0n) is 3.46. The Morgan fingerprint density at radius 3 is 2.50 bits per heavy atom. The molecule has 0 radical (unpaired) electrons. The Morgan fingerprint density at radius 2 is 2.33 bits per heavy atom. The molecule has 1 rings (SSSR count). The first-order valence-electron chi connectivity index (χ1n) is 2.11. The standard InChI is InChI=1S/C4H7NO/c6-5-3-4-1-2-4/h3-4,6H,1-2H2/b5-3-. The van der Waals surface area contributed by atoms with Gasteiger partial charge in [-0.1, -0.05) is 0 Å². The molecule has 0 amide bonds. The van der Waals surface area contributed by atoms with E-state index in [1.54, 1.807) is 6.21 Å². The minimum atomic E-state index is 0.606. The van der Waals surface area contributed by atoms with E-state index >= 15 is 0 Å². The first kappa shape index (κ1) is 3.65. The Balaban J connectivity index is 2.15. The smallest absolute Gasteiger partial charge is 0.0466 e. The molecule has 0 aromatic carbocycles. The van der Waals surface area contributed by atoms with Gasteiger partial charge in [0.2, 0.25) is 0 Å². The molecule has 0 aromatic heterocycles. The fourth-order valence-electron chi connectivity index (χ4n) is 0.340.